The maximum Gasteiger partial charge on any atom is 2.00 e. The van der Waals surface area contributed by atoms with Gasteiger partial charge in [-0.05, 0) is 12.0 Å². The molecule has 3 rings (SSSR count). The fourth-order valence-corrected chi connectivity index (χ4v) is 1.73. The Hall–Kier alpha value is -1.11. The molecule has 0 unspecified atom stereocenters. The second-order valence-corrected chi connectivity index (χ2v) is 3.97. The predicted octanol–water partition coefficient (Wildman–Crippen LogP) is 4.45. The SMILES string of the molecule is [C-]1=C(Cc2ccccc2)C=CC1.[C-]1=CC=CC1.[H-].[H-].[Ti+2]. The van der Waals surface area contributed by atoms with Crippen LogP contribution < -0.4 is 0 Å². The van der Waals surface area contributed by atoms with Gasteiger partial charge in [0.1, 0.15) is 0 Å². The molecule has 1 heteroatoms. The maximum atomic E-state index is 3.31. The van der Waals surface area contributed by atoms with Gasteiger partial charge in [0.25, 0.3) is 0 Å². The van der Waals surface area contributed by atoms with Gasteiger partial charge in [-0.2, -0.15) is 12.2 Å². The second-order valence-electron chi connectivity index (χ2n) is 3.97. The smallest absolute Gasteiger partial charge is 1.00 e. The summed E-state index contributed by atoms with van der Waals surface area (Å²) in [4.78, 5) is 0. The standard InChI is InChI=1S/C12H11.C5H5.Ti.2H/c1-2-6-11(7-3-1)10-12-8-4-5-9-12;1-2-4-5-3-1;;;/h1-4,6-8H,5,10H2;1-3H,4H2;;;/q2*-1;+2;2*-1. The molecule has 0 saturated carbocycles. The summed E-state index contributed by atoms with van der Waals surface area (Å²) in [6, 6.07) is 10.5. The van der Waals surface area contributed by atoms with Crippen LogP contribution in [0.4, 0.5) is 0 Å². The molecule has 92 valence electrons. The Labute approximate surface area is 128 Å². The fourth-order valence-electron chi connectivity index (χ4n) is 1.73. The average molecular weight is 270 g/mol. The van der Waals surface area contributed by atoms with E-state index in [-0.39, 0.29) is 24.6 Å². The van der Waals surface area contributed by atoms with Gasteiger partial charge >= 0.3 is 21.7 Å². The first kappa shape index (κ1) is 15.0. The minimum absolute atomic E-state index is 0. The molecule has 0 spiro atoms. The van der Waals surface area contributed by atoms with Crippen LogP contribution in [0.1, 0.15) is 21.3 Å². The largest absolute Gasteiger partial charge is 2.00 e. The summed E-state index contributed by atoms with van der Waals surface area (Å²) < 4.78 is 0. The summed E-state index contributed by atoms with van der Waals surface area (Å²) in [5, 5.41) is 0. The van der Waals surface area contributed by atoms with Gasteiger partial charge in [-0.25, -0.2) is 23.8 Å². The molecule has 18 heavy (non-hydrogen) atoms. The van der Waals surface area contributed by atoms with Crippen LogP contribution in [0.15, 0.2) is 66.3 Å². The van der Waals surface area contributed by atoms with E-state index in [0.717, 1.165) is 19.3 Å². The van der Waals surface area contributed by atoms with E-state index in [1.165, 1.54) is 11.1 Å². The zero-order chi connectivity index (χ0) is 11.8. The minimum atomic E-state index is 0. The van der Waals surface area contributed by atoms with E-state index >= 15 is 0 Å². The molecule has 0 fully saturated rings. The molecule has 0 nitrogen and oxygen atoms in total. The molecule has 0 radical (unpaired) electrons. The summed E-state index contributed by atoms with van der Waals surface area (Å²) in [5.41, 5.74) is 2.69. The van der Waals surface area contributed by atoms with Crippen molar-refractivity contribution in [2.75, 3.05) is 0 Å². The van der Waals surface area contributed by atoms with E-state index < -0.39 is 0 Å². The molecule has 2 aliphatic rings. The molecular formula is C17H18Ti-2. The van der Waals surface area contributed by atoms with Crippen molar-refractivity contribution in [1.82, 2.24) is 0 Å². The van der Waals surface area contributed by atoms with Gasteiger partial charge in [0.2, 0.25) is 0 Å². The molecule has 0 aliphatic heterocycles. The van der Waals surface area contributed by atoms with Crippen molar-refractivity contribution in [2.24, 2.45) is 0 Å². The Morgan fingerprint density at radius 3 is 2.39 bits per heavy atom. The van der Waals surface area contributed by atoms with Crippen molar-refractivity contribution in [1.29, 1.82) is 0 Å². The van der Waals surface area contributed by atoms with Gasteiger partial charge in [-0.15, -0.1) is 12.8 Å². The molecule has 0 saturated heterocycles. The van der Waals surface area contributed by atoms with Gasteiger partial charge in [-0.3, -0.25) is 12.2 Å². The number of allylic oxidation sites excluding steroid dienone is 8. The first-order valence-electron chi connectivity index (χ1n) is 5.97. The van der Waals surface area contributed by atoms with Crippen LogP contribution in [0.3, 0.4) is 0 Å². The van der Waals surface area contributed by atoms with Crippen LogP contribution >= 0.6 is 0 Å². The number of benzene rings is 1. The van der Waals surface area contributed by atoms with Crippen LogP contribution in [0.5, 0.6) is 0 Å². The summed E-state index contributed by atoms with van der Waals surface area (Å²) in [5.74, 6) is 0. The zero-order valence-corrected chi connectivity index (χ0v) is 12.0. The zero-order valence-electron chi connectivity index (χ0n) is 12.4. The van der Waals surface area contributed by atoms with Crippen molar-refractivity contribution in [3.8, 4) is 0 Å². The Morgan fingerprint density at radius 1 is 1.06 bits per heavy atom. The Bertz CT molecular complexity index is 449. The second kappa shape index (κ2) is 8.91. The van der Waals surface area contributed by atoms with Crippen molar-refractivity contribution in [3.05, 3.63) is 84.0 Å². The van der Waals surface area contributed by atoms with E-state index in [9.17, 15) is 0 Å². The quantitative estimate of drug-likeness (QED) is 0.550. The Morgan fingerprint density at radius 2 is 1.89 bits per heavy atom. The number of hydrogen-bond donors (Lipinski definition) is 0. The van der Waals surface area contributed by atoms with Crippen molar-refractivity contribution >= 4 is 0 Å². The molecule has 1 aromatic rings. The van der Waals surface area contributed by atoms with Gasteiger partial charge in [-0.1, -0.05) is 30.3 Å². The van der Waals surface area contributed by atoms with Crippen LogP contribution in [-0.2, 0) is 28.1 Å². The van der Waals surface area contributed by atoms with Crippen LogP contribution in [0, 0.1) is 12.2 Å². The molecule has 2 aliphatic carbocycles. The molecular weight excluding hydrogens is 252 g/mol. The maximum absolute atomic E-state index is 3.31. The third-order valence-corrected chi connectivity index (χ3v) is 2.59. The average Bonchev–Trinajstić information content (AvgIpc) is 3.06. The number of hydrogen-bond acceptors (Lipinski definition) is 0. The Balaban J connectivity index is 0. The molecule has 0 aromatic heterocycles. The molecule has 0 atom stereocenters. The first-order chi connectivity index (χ1) is 8.45. The summed E-state index contributed by atoms with van der Waals surface area (Å²) in [6.07, 6.45) is 19.6. The van der Waals surface area contributed by atoms with Crippen molar-refractivity contribution in [2.45, 2.75) is 19.3 Å². The summed E-state index contributed by atoms with van der Waals surface area (Å²) >= 11 is 0. The third-order valence-electron chi connectivity index (χ3n) is 2.59. The molecule has 0 amide bonds. The van der Waals surface area contributed by atoms with E-state index in [0.29, 0.717) is 0 Å². The van der Waals surface area contributed by atoms with Crippen LogP contribution in [-0.4, -0.2) is 0 Å². The third kappa shape index (κ3) is 5.49. The predicted molar refractivity (Wildman–Crippen MR) is 74.5 cm³/mol. The van der Waals surface area contributed by atoms with Gasteiger partial charge in [0, 0.05) is 0 Å². The van der Waals surface area contributed by atoms with E-state index in [1.54, 1.807) is 0 Å². The van der Waals surface area contributed by atoms with E-state index in [2.05, 4.69) is 54.6 Å². The van der Waals surface area contributed by atoms with Crippen LogP contribution in [0.2, 0.25) is 0 Å². The monoisotopic (exact) mass is 270 g/mol. The van der Waals surface area contributed by atoms with Gasteiger partial charge in [0.05, 0.1) is 0 Å². The Kier molecular flexibility index (Phi) is 7.40. The normalized spacial score (nSPS) is 14.8. The molecule has 0 N–H and O–H groups in total. The van der Waals surface area contributed by atoms with Gasteiger partial charge in [0.15, 0.2) is 0 Å². The van der Waals surface area contributed by atoms with E-state index in [1.807, 2.05) is 18.2 Å². The minimum Gasteiger partial charge on any atom is -1.00 e. The summed E-state index contributed by atoms with van der Waals surface area (Å²) in [7, 11) is 0. The van der Waals surface area contributed by atoms with Crippen molar-refractivity contribution in [3.63, 3.8) is 0 Å². The van der Waals surface area contributed by atoms with E-state index in [4.69, 9.17) is 0 Å². The molecule has 0 heterocycles. The molecule has 1 aromatic carbocycles. The van der Waals surface area contributed by atoms with Crippen LogP contribution in [0.25, 0.3) is 0 Å². The summed E-state index contributed by atoms with van der Waals surface area (Å²) in [6.45, 7) is 0. The number of rotatable bonds is 2. The fraction of sp³-hybridized carbons (Fsp3) is 0.176. The first-order valence-corrected chi connectivity index (χ1v) is 5.97. The van der Waals surface area contributed by atoms with Gasteiger partial charge < -0.3 is 2.85 Å². The molecule has 0 bridgehead atoms. The topological polar surface area (TPSA) is 0 Å². The van der Waals surface area contributed by atoms with Crippen molar-refractivity contribution < 1.29 is 24.6 Å².